The summed E-state index contributed by atoms with van der Waals surface area (Å²) in [5, 5.41) is 5.43. The fraction of sp³-hybridized carbons (Fsp3) is 0.478. The van der Waals surface area contributed by atoms with E-state index in [1.165, 1.54) is 15.8 Å². The molecule has 0 unspecified atom stereocenters. The lowest BCUT2D eigenvalue weighted by Gasteiger charge is -2.34. The smallest absolute Gasteiger partial charge is 0.234 e. The molecule has 7 heteroatoms. The van der Waals surface area contributed by atoms with Crippen LogP contribution >= 0.6 is 11.3 Å². The maximum Gasteiger partial charge on any atom is 0.234 e. The molecule has 6 nitrogen and oxygen atoms in total. The SMILES string of the molecule is Cc1sc(CN2CCN(CC(=O)NC(C)(C)C)CC2)nc1-c1c[nH]c2ccccc12. The maximum atomic E-state index is 12.2. The lowest BCUT2D eigenvalue weighted by atomic mass is 10.1. The molecule has 1 saturated heterocycles. The van der Waals surface area contributed by atoms with Gasteiger partial charge in [0.1, 0.15) is 5.01 Å². The number of fused-ring (bicyclic) bond motifs is 1. The first kappa shape index (κ1) is 21.0. The molecule has 0 saturated carbocycles. The molecular formula is C23H31N5OS. The predicted octanol–water partition coefficient (Wildman–Crippen LogP) is 3.63. The van der Waals surface area contributed by atoms with Gasteiger partial charge in [0, 0.05) is 59.3 Å². The van der Waals surface area contributed by atoms with Gasteiger partial charge >= 0.3 is 0 Å². The number of carbonyl (C=O) groups excluding carboxylic acids is 1. The van der Waals surface area contributed by atoms with E-state index in [1.54, 1.807) is 11.3 Å². The number of H-pyrrole nitrogens is 1. The number of amides is 1. The van der Waals surface area contributed by atoms with Crippen LogP contribution in [0, 0.1) is 6.92 Å². The Morgan fingerprint density at radius 2 is 1.87 bits per heavy atom. The van der Waals surface area contributed by atoms with Crippen LogP contribution in [0.4, 0.5) is 0 Å². The number of rotatable bonds is 5. The van der Waals surface area contributed by atoms with Gasteiger partial charge in [-0.2, -0.15) is 0 Å². The second-order valence-corrected chi connectivity index (χ2v) is 10.4. The van der Waals surface area contributed by atoms with Crippen LogP contribution in [0.2, 0.25) is 0 Å². The van der Waals surface area contributed by atoms with Crippen LogP contribution in [-0.2, 0) is 11.3 Å². The van der Waals surface area contributed by atoms with Gasteiger partial charge in [0.15, 0.2) is 0 Å². The molecule has 2 aromatic heterocycles. The second kappa shape index (κ2) is 8.49. The van der Waals surface area contributed by atoms with Crippen LogP contribution in [-0.4, -0.2) is 63.9 Å². The van der Waals surface area contributed by atoms with Crippen molar-refractivity contribution < 1.29 is 4.79 Å². The molecule has 0 atom stereocenters. The summed E-state index contributed by atoms with van der Waals surface area (Å²) >= 11 is 1.79. The monoisotopic (exact) mass is 425 g/mol. The van der Waals surface area contributed by atoms with Crippen LogP contribution in [0.1, 0.15) is 30.7 Å². The van der Waals surface area contributed by atoms with E-state index in [0.29, 0.717) is 6.54 Å². The van der Waals surface area contributed by atoms with E-state index in [2.05, 4.69) is 51.4 Å². The average molecular weight is 426 g/mol. The van der Waals surface area contributed by atoms with Gasteiger partial charge in [-0.15, -0.1) is 11.3 Å². The van der Waals surface area contributed by atoms with Gasteiger partial charge in [-0.25, -0.2) is 4.98 Å². The number of carbonyl (C=O) groups is 1. The molecule has 1 aromatic carbocycles. The van der Waals surface area contributed by atoms with Crippen molar-refractivity contribution in [3.63, 3.8) is 0 Å². The molecular weight excluding hydrogens is 394 g/mol. The fourth-order valence-electron chi connectivity index (χ4n) is 3.99. The Bertz CT molecular complexity index is 1020. The van der Waals surface area contributed by atoms with Gasteiger partial charge in [-0.3, -0.25) is 14.6 Å². The number of nitrogens with zero attached hydrogens (tertiary/aromatic N) is 3. The van der Waals surface area contributed by atoms with Crippen molar-refractivity contribution in [1.29, 1.82) is 0 Å². The van der Waals surface area contributed by atoms with E-state index in [-0.39, 0.29) is 11.4 Å². The summed E-state index contributed by atoms with van der Waals surface area (Å²) in [4.78, 5) is 26.4. The zero-order chi connectivity index (χ0) is 21.3. The van der Waals surface area contributed by atoms with Crippen molar-refractivity contribution >= 4 is 28.1 Å². The standard InChI is InChI=1S/C23H31N5OS/c1-16-22(18-13-24-19-8-6-5-7-17(18)19)25-21(30-16)15-28-11-9-27(10-12-28)14-20(29)26-23(2,3)4/h5-8,13,24H,9-12,14-15H2,1-4H3,(H,26,29). The van der Waals surface area contributed by atoms with Crippen molar-refractivity contribution in [3.05, 3.63) is 40.3 Å². The predicted molar refractivity (Wildman–Crippen MR) is 124 cm³/mol. The third-order valence-corrected chi connectivity index (χ3v) is 6.35. The van der Waals surface area contributed by atoms with Crippen LogP contribution < -0.4 is 5.32 Å². The Balaban J connectivity index is 1.35. The van der Waals surface area contributed by atoms with Gasteiger partial charge in [0.2, 0.25) is 5.91 Å². The molecule has 0 aliphatic carbocycles. The lowest BCUT2D eigenvalue weighted by molar-refractivity contribution is -0.124. The van der Waals surface area contributed by atoms with E-state index in [1.807, 2.05) is 26.8 Å². The van der Waals surface area contributed by atoms with Crippen molar-refractivity contribution in [2.45, 2.75) is 39.8 Å². The van der Waals surface area contributed by atoms with Crippen molar-refractivity contribution in [1.82, 2.24) is 25.1 Å². The van der Waals surface area contributed by atoms with Gasteiger partial charge in [-0.1, -0.05) is 18.2 Å². The van der Waals surface area contributed by atoms with Crippen LogP contribution in [0.25, 0.3) is 22.2 Å². The van der Waals surface area contributed by atoms with Crippen molar-refractivity contribution in [3.8, 4) is 11.3 Å². The normalized spacial score (nSPS) is 16.3. The Hall–Kier alpha value is -2.22. The van der Waals surface area contributed by atoms with E-state index < -0.39 is 0 Å². The number of piperazine rings is 1. The molecule has 0 bridgehead atoms. The summed E-state index contributed by atoms with van der Waals surface area (Å²) in [6, 6.07) is 8.37. The highest BCUT2D eigenvalue weighted by atomic mass is 32.1. The zero-order valence-electron chi connectivity index (χ0n) is 18.3. The second-order valence-electron chi connectivity index (χ2n) is 9.11. The first-order chi connectivity index (χ1) is 14.3. The number of para-hydroxylation sites is 1. The quantitative estimate of drug-likeness (QED) is 0.655. The molecule has 2 N–H and O–H groups in total. The fourth-order valence-corrected chi connectivity index (χ4v) is 4.98. The number of hydrogen-bond acceptors (Lipinski definition) is 5. The topological polar surface area (TPSA) is 64.3 Å². The number of benzene rings is 1. The number of aromatic amines is 1. The number of aromatic nitrogens is 2. The Morgan fingerprint density at radius 1 is 1.17 bits per heavy atom. The summed E-state index contributed by atoms with van der Waals surface area (Å²) in [5.74, 6) is 0.106. The molecule has 1 fully saturated rings. The van der Waals surface area contributed by atoms with E-state index >= 15 is 0 Å². The van der Waals surface area contributed by atoms with Gasteiger partial charge < -0.3 is 10.3 Å². The number of aryl methyl sites for hydroxylation is 1. The highest BCUT2D eigenvalue weighted by Crippen LogP contribution is 2.33. The van der Waals surface area contributed by atoms with Gasteiger partial charge in [0.25, 0.3) is 0 Å². The lowest BCUT2D eigenvalue weighted by Crippen LogP contribution is -2.51. The molecule has 30 heavy (non-hydrogen) atoms. The third-order valence-electron chi connectivity index (χ3n) is 5.39. The van der Waals surface area contributed by atoms with Crippen LogP contribution in [0.15, 0.2) is 30.5 Å². The molecule has 1 aliphatic heterocycles. The summed E-state index contributed by atoms with van der Waals surface area (Å²) in [6.07, 6.45) is 2.07. The first-order valence-electron chi connectivity index (χ1n) is 10.6. The van der Waals surface area contributed by atoms with Crippen LogP contribution in [0.3, 0.4) is 0 Å². The number of thiazole rings is 1. The summed E-state index contributed by atoms with van der Waals surface area (Å²) in [6.45, 7) is 13.3. The van der Waals surface area contributed by atoms with E-state index in [9.17, 15) is 4.79 Å². The van der Waals surface area contributed by atoms with Gasteiger partial charge in [0.05, 0.1) is 18.8 Å². The molecule has 1 amide bonds. The Morgan fingerprint density at radius 3 is 2.60 bits per heavy atom. The van der Waals surface area contributed by atoms with Gasteiger partial charge in [-0.05, 0) is 33.8 Å². The molecule has 3 heterocycles. The summed E-state index contributed by atoms with van der Waals surface area (Å²) in [7, 11) is 0. The van der Waals surface area contributed by atoms with Crippen LogP contribution in [0.5, 0.6) is 0 Å². The molecule has 3 aromatic rings. The molecule has 0 spiro atoms. The molecule has 4 rings (SSSR count). The Labute approximate surface area is 182 Å². The minimum absolute atomic E-state index is 0.106. The maximum absolute atomic E-state index is 12.2. The largest absolute Gasteiger partial charge is 0.360 e. The summed E-state index contributed by atoms with van der Waals surface area (Å²) in [5.41, 5.74) is 3.24. The number of nitrogens with one attached hydrogen (secondary N) is 2. The molecule has 1 aliphatic rings. The minimum Gasteiger partial charge on any atom is -0.360 e. The summed E-state index contributed by atoms with van der Waals surface area (Å²) < 4.78 is 0. The number of hydrogen-bond donors (Lipinski definition) is 2. The van der Waals surface area contributed by atoms with Crippen molar-refractivity contribution in [2.75, 3.05) is 32.7 Å². The average Bonchev–Trinajstić information content (AvgIpc) is 3.25. The zero-order valence-corrected chi connectivity index (χ0v) is 19.1. The molecule has 0 radical (unpaired) electrons. The van der Waals surface area contributed by atoms with E-state index in [0.717, 1.165) is 48.9 Å². The highest BCUT2D eigenvalue weighted by molar-refractivity contribution is 7.12. The van der Waals surface area contributed by atoms with E-state index in [4.69, 9.17) is 4.98 Å². The molecule has 160 valence electrons. The Kier molecular flexibility index (Phi) is 5.95. The minimum atomic E-state index is -0.176. The highest BCUT2D eigenvalue weighted by Gasteiger charge is 2.22. The first-order valence-corrected chi connectivity index (χ1v) is 11.4. The van der Waals surface area contributed by atoms with Crippen molar-refractivity contribution in [2.24, 2.45) is 0 Å². The third kappa shape index (κ3) is 4.91.